The summed E-state index contributed by atoms with van der Waals surface area (Å²) in [5.41, 5.74) is 2.10. The van der Waals surface area contributed by atoms with Gasteiger partial charge >= 0.3 is 6.18 Å². The molecule has 3 rings (SSSR count). The number of nitrogens with zero attached hydrogens (tertiary/aromatic N) is 2. The monoisotopic (exact) mass is 389 g/mol. The van der Waals surface area contributed by atoms with Crippen molar-refractivity contribution >= 4 is 0 Å². The largest absolute Gasteiger partial charge is 0.416 e. The summed E-state index contributed by atoms with van der Waals surface area (Å²) in [6, 6.07) is 7.21. The first-order valence-electron chi connectivity index (χ1n) is 9.61. The lowest BCUT2D eigenvalue weighted by atomic mass is 9.96. The number of nitrogens with one attached hydrogen (secondary N) is 1. The van der Waals surface area contributed by atoms with Crippen molar-refractivity contribution in [2.45, 2.75) is 51.9 Å². The summed E-state index contributed by atoms with van der Waals surface area (Å²) in [5.74, 6) is 0.312. The smallest absolute Gasteiger partial charge is 0.302 e. The zero-order chi connectivity index (χ0) is 20.3. The van der Waals surface area contributed by atoms with Gasteiger partial charge in [0.15, 0.2) is 0 Å². The van der Waals surface area contributed by atoms with Crippen molar-refractivity contribution in [2.75, 3.05) is 0 Å². The first kappa shape index (κ1) is 20.4. The molecule has 1 aromatic heterocycles. The van der Waals surface area contributed by atoms with Gasteiger partial charge in [-0.25, -0.2) is 4.68 Å². The fourth-order valence-electron chi connectivity index (χ4n) is 3.39. The Kier molecular flexibility index (Phi) is 6.08. The van der Waals surface area contributed by atoms with Gasteiger partial charge in [-0.1, -0.05) is 32.1 Å². The molecule has 150 valence electrons. The van der Waals surface area contributed by atoms with E-state index in [1.165, 1.54) is 17.7 Å². The molecule has 0 bridgehead atoms. The van der Waals surface area contributed by atoms with Crippen molar-refractivity contribution in [3.8, 4) is 5.69 Å². The summed E-state index contributed by atoms with van der Waals surface area (Å²) in [5, 5.41) is 8.28. The number of hydrogen-bond donors (Lipinski definition) is 1. The topological polar surface area (TPSA) is 29.9 Å². The number of allylic oxidation sites excluding steroid dienone is 2. The molecule has 1 heterocycles. The van der Waals surface area contributed by atoms with Gasteiger partial charge < -0.3 is 5.32 Å². The predicted molar refractivity (Wildman–Crippen MR) is 105 cm³/mol. The minimum absolute atomic E-state index is 0.0434. The van der Waals surface area contributed by atoms with Crippen LogP contribution in [-0.2, 0) is 6.18 Å². The van der Waals surface area contributed by atoms with Crippen molar-refractivity contribution in [3.63, 3.8) is 0 Å². The molecule has 3 nitrogen and oxygen atoms in total. The lowest BCUT2D eigenvalue weighted by Crippen LogP contribution is -2.35. The zero-order valence-corrected chi connectivity index (χ0v) is 16.4. The van der Waals surface area contributed by atoms with Crippen LogP contribution >= 0.6 is 0 Å². The molecule has 28 heavy (non-hydrogen) atoms. The maximum Gasteiger partial charge on any atom is 0.416 e. The molecular weight excluding hydrogens is 363 g/mol. The Bertz CT molecular complexity index is 845. The normalized spacial score (nSPS) is 16.9. The number of halogens is 3. The Hall–Kier alpha value is -2.34. The van der Waals surface area contributed by atoms with Crippen molar-refractivity contribution < 1.29 is 13.2 Å². The summed E-state index contributed by atoms with van der Waals surface area (Å²) in [6.45, 7) is 6.41. The highest BCUT2D eigenvalue weighted by molar-refractivity contribution is 5.35. The average molecular weight is 389 g/mol. The van der Waals surface area contributed by atoms with Crippen LogP contribution in [0.25, 0.3) is 5.69 Å². The van der Waals surface area contributed by atoms with Crippen LogP contribution < -0.4 is 5.32 Å². The van der Waals surface area contributed by atoms with E-state index in [4.69, 9.17) is 0 Å². The molecule has 0 fully saturated rings. The third-order valence-corrected chi connectivity index (χ3v) is 5.01. The van der Waals surface area contributed by atoms with Gasteiger partial charge in [0.2, 0.25) is 0 Å². The minimum Gasteiger partial charge on any atom is -0.302 e. The fraction of sp³-hybridized carbons (Fsp3) is 0.409. The van der Waals surface area contributed by atoms with E-state index in [1.807, 2.05) is 6.07 Å². The molecule has 2 atom stereocenters. The molecule has 0 spiro atoms. The Labute approximate surface area is 164 Å². The van der Waals surface area contributed by atoms with Crippen LogP contribution in [0.1, 0.15) is 50.9 Å². The second kappa shape index (κ2) is 8.35. The molecule has 1 unspecified atom stereocenters. The van der Waals surface area contributed by atoms with Crippen LogP contribution in [0, 0.1) is 5.92 Å². The average Bonchev–Trinajstić information content (AvgIpc) is 3.15. The summed E-state index contributed by atoms with van der Waals surface area (Å²) in [7, 11) is 0. The molecule has 0 amide bonds. The Balaban J connectivity index is 1.77. The lowest BCUT2D eigenvalue weighted by Gasteiger charge is -2.26. The van der Waals surface area contributed by atoms with E-state index >= 15 is 0 Å². The number of rotatable bonds is 6. The molecule has 0 saturated heterocycles. The lowest BCUT2D eigenvalue weighted by molar-refractivity contribution is -0.137. The number of hydrogen-bond acceptors (Lipinski definition) is 2. The molecule has 0 aliphatic heterocycles. The van der Waals surface area contributed by atoms with Gasteiger partial charge in [-0.15, -0.1) is 0 Å². The Morgan fingerprint density at radius 1 is 1.04 bits per heavy atom. The molecule has 1 aliphatic carbocycles. The zero-order valence-electron chi connectivity index (χ0n) is 16.4. The van der Waals surface area contributed by atoms with E-state index in [2.05, 4.69) is 49.4 Å². The van der Waals surface area contributed by atoms with Crippen molar-refractivity contribution in [1.29, 1.82) is 0 Å². The molecule has 6 heteroatoms. The second-order valence-electron chi connectivity index (χ2n) is 7.52. The summed E-state index contributed by atoms with van der Waals surface area (Å²) >= 11 is 0. The number of alkyl halides is 3. The van der Waals surface area contributed by atoms with Gasteiger partial charge in [-0.05, 0) is 61.6 Å². The van der Waals surface area contributed by atoms with Crippen LogP contribution in [0.2, 0.25) is 0 Å². The van der Waals surface area contributed by atoms with Crippen LogP contribution in [-0.4, -0.2) is 15.8 Å². The molecule has 1 aromatic carbocycles. The molecule has 0 radical (unpaired) electrons. The Morgan fingerprint density at radius 3 is 2.32 bits per heavy atom. The molecule has 2 aromatic rings. The summed E-state index contributed by atoms with van der Waals surface area (Å²) in [6.07, 6.45) is 6.22. The van der Waals surface area contributed by atoms with Gasteiger partial charge in [0.25, 0.3) is 0 Å². The van der Waals surface area contributed by atoms with Crippen molar-refractivity contribution in [2.24, 2.45) is 5.92 Å². The number of benzene rings is 1. The quantitative estimate of drug-likeness (QED) is 0.672. The van der Waals surface area contributed by atoms with Crippen molar-refractivity contribution in [3.05, 3.63) is 71.6 Å². The first-order valence-corrected chi connectivity index (χ1v) is 9.61. The molecular formula is C22H26F3N3. The first-order chi connectivity index (χ1) is 13.3. The Morgan fingerprint density at radius 2 is 1.75 bits per heavy atom. The van der Waals surface area contributed by atoms with Gasteiger partial charge in [0.05, 0.1) is 23.0 Å². The van der Waals surface area contributed by atoms with Gasteiger partial charge in [0, 0.05) is 12.2 Å². The third kappa shape index (κ3) is 4.73. The summed E-state index contributed by atoms with van der Waals surface area (Å²) < 4.78 is 39.9. The maximum atomic E-state index is 12.8. The van der Waals surface area contributed by atoms with E-state index < -0.39 is 11.7 Å². The van der Waals surface area contributed by atoms with Crippen LogP contribution in [0.3, 0.4) is 0 Å². The van der Waals surface area contributed by atoms with E-state index in [-0.39, 0.29) is 12.1 Å². The highest BCUT2D eigenvalue weighted by Crippen LogP contribution is 2.30. The molecule has 1 N–H and O–H groups in total. The third-order valence-electron chi connectivity index (χ3n) is 5.01. The fourth-order valence-corrected chi connectivity index (χ4v) is 3.39. The molecule has 1 aliphatic rings. The number of aromatic nitrogens is 2. The van der Waals surface area contributed by atoms with Crippen LogP contribution in [0.4, 0.5) is 13.2 Å². The minimum atomic E-state index is -4.33. The van der Waals surface area contributed by atoms with Crippen molar-refractivity contribution in [1.82, 2.24) is 15.1 Å². The highest BCUT2D eigenvalue weighted by Gasteiger charge is 2.30. The van der Waals surface area contributed by atoms with E-state index in [0.717, 1.165) is 30.7 Å². The second-order valence-corrected chi connectivity index (χ2v) is 7.52. The SMILES string of the molecule is CC(C)C(N[C@H](C)C1=CCCC=C1)c1ccn(-c2ccc(C(F)(F)F)cc2)n1. The standard InChI is InChI=1S/C22H26F3N3/c1-15(2)21(26-16(3)17-7-5-4-6-8-17)20-13-14-28(27-20)19-11-9-18(10-12-19)22(23,24)25/h5,7-16,21,26H,4,6H2,1-3H3/t16-,21?/m1/s1. The summed E-state index contributed by atoms with van der Waals surface area (Å²) in [4.78, 5) is 0. The van der Waals surface area contributed by atoms with E-state index in [9.17, 15) is 13.2 Å². The predicted octanol–water partition coefficient (Wildman–Crippen LogP) is 5.84. The van der Waals surface area contributed by atoms with E-state index in [0.29, 0.717) is 11.6 Å². The highest BCUT2D eigenvalue weighted by atomic mass is 19.4. The maximum absolute atomic E-state index is 12.8. The van der Waals surface area contributed by atoms with Gasteiger partial charge in [-0.3, -0.25) is 0 Å². The van der Waals surface area contributed by atoms with E-state index in [1.54, 1.807) is 10.9 Å². The van der Waals surface area contributed by atoms with Crippen LogP contribution in [0.15, 0.2) is 60.3 Å². The van der Waals surface area contributed by atoms with Gasteiger partial charge in [-0.2, -0.15) is 18.3 Å². The van der Waals surface area contributed by atoms with Crippen LogP contribution in [0.5, 0.6) is 0 Å². The molecule has 0 saturated carbocycles. The van der Waals surface area contributed by atoms with Gasteiger partial charge in [0.1, 0.15) is 0 Å².